The second-order valence-electron chi connectivity index (χ2n) is 7.15. The number of hydrogen-bond acceptors (Lipinski definition) is 4. The molecule has 0 radical (unpaired) electrons. The quantitative estimate of drug-likeness (QED) is 0.494. The summed E-state index contributed by atoms with van der Waals surface area (Å²) in [5, 5.41) is 20.8. The fourth-order valence-corrected chi connectivity index (χ4v) is 4.11. The lowest BCUT2D eigenvalue weighted by Gasteiger charge is -2.30. The Bertz CT molecular complexity index is 983. The summed E-state index contributed by atoms with van der Waals surface area (Å²) in [7, 11) is 0. The van der Waals surface area contributed by atoms with Crippen molar-refractivity contribution in [3.05, 3.63) is 24.3 Å². The highest BCUT2D eigenvalue weighted by atomic mass is 15.1. The van der Waals surface area contributed by atoms with Gasteiger partial charge in [-0.3, -0.25) is 5.41 Å². The number of rotatable bonds is 4. The Morgan fingerprint density at radius 2 is 2.23 bits per heavy atom. The highest BCUT2D eigenvalue weighted by molar-refractivity contribution is 6.01. The van der Waals surface area contributed by atoms with Gasteiger partial charge in [-0.05, 0) is 44.6 Å². The summed E-state index contributed by atoms with van der Waals surface area (Å²) in [5.41, 5.74) is 2.90. The molecule has 0 spiro atoms. The van der Waals surface area contributed by atoms with E-state index < -0.39 is 0 Å². The predicted molar refractivity (Wildman–Crippen MR) is 101 cm³/mol. The van der Waals surface area contributed by atoms with Crippen LogP contribution in [-0.2, 0) is 6.54 Å². The fourth-order valence-electron chi connectivity index (χ4n) is 4.11. The Balaban J connectivity index is 1.77. The number of fused-ring (bicyclic) bond motifs is 3. The van der Waals surface area contributed by atoms with Crippen LogP contribution in [0, 0.1) is 22.7 Å². The Morgan fingerprint density at radius 1 is 1.42 bits per heavy atom. The van der Waals surface area contributed by atoms with Crippen molar-refractivity contribution in [3.8, 4) is 6.07 Å². The molecule has 0 amide bonds. The lowest BCUT2D eigenvalue weighted by atomic mass is 9.84. The maximum absolute atomic E-state index is 8.97. The zero-order chi connectivity index (χ0) is 18.1. The van der Waals surface area contributed by atoms with Crippen LogP contribution in [0.1, 0.15) is 50.9 Å². The van der Waals surface area contributed by atoms with Gasteiger partial charge in [0, 0.05) is 24.0 Å². The molecular formula is C19H23N7. The SMILES string of the molecule is CC(=N)NCc1nc2cnc3[nH]ccc3c2n1[C@H]1CC[C@H](CC#N)CC1. The lowest BCUT2D eigenvalue weighted by Crippen LogP contribution is -2.24. The number of imidazole rings is 1. The topological polar surface area (TPSA) is 106 Å². The maximum atomic E-state index is 8.97. The minimum Gasteiger partial charge on any atom is -0.367 e. The Kier molecular flexibility index (Phi) is 4.33. The summed E-state index contributed by atoms with van der Waals surface area (Å²) in [6.45, 7) is 2.28. The molecule has 3 aromatic heterocycles. The summed E-state index contributed by atoms with van der Waals surface area (Å²) < 4.78 is 2.35. The molecule has 3 heterocycles. The molecule has 26 heavy (non-hydrogen) atoms. The van der Waals surface area contributed by atoms with Gasteiger partial charge in [0.2, 0.25) is 0 Å². The molecule has 0 aliphatic heterocycles. The number of nitrogens with one attached hydrogen (secondary N) is 3. The number of nitriles is 1. The van der Waals surface area contributed by atoms with E-state index in [1.807, 2.05) is 12.4 Å². The molecule has 1 fully saturated rings. The van der Waals surface area contributed by atoms with Gasteiger partial charge in [0.15, 0.2) is 0 Å². The number of hydrogen-bond donors (Lipinski definition) is 3. The van der Waals surface area contributed by atoms with Crippen molar-refractivity contribution in [2.45, 2.75) is 51.6 Å². The molecule has 0 aromatic carbocycles. The number of nitrogens with zero attached hydrogens (tertiary/aromatic N) is 4. The van der Waals surface area contributed by atoms with Gasteiger partial charge < -0.3 is 14.9 Å². The molecule has 1 saturated carbocycles. The number of aromatic nitrogens is 4. The molecule has 1 aliphatic rings. The average molecular weight is 349 g/mol. The van der Waals surface area contributed by atoms with Crippen LogP contribution in [0.3, 0.4) is 0 Å². The summed E-state index contributed by atoms with van der Waals surface area (Å²) in [4.78, 5) is 12.5. The number of H-pyrrole nitrogens is 1. The highest BCUT2D eigenvalue weighted by Crippen LogP contribution is 2.37. The molecular weight excluding hydrogens is 326 g/mol. The van der Waals surface area contributed by atoms with Gasteiger partial charge in [0.1, 0.15) is 17.0 Å². The monoisotopic (exact) mass is 349 g/mol. The molecule has 7 heteroatoms. The van der Waals surface area contributed by atoms with Crippen LogP contribution in [0.15, 0.2) is 18.5 Å². The summed E-state index contributed by atoms with van der Waals surface area (Å²) in [5.74, 6) is 1.91. The Labute approximate surface area is 151 Å². The largest absolute Gasteiger partial charge is 0.367 e. The predicted octanol–water partition coefficient (Wildman–Crippen LogP) is 3.64. The molecule has 134 valence electrons. The van der Waals surface area contributed by atoms with Crippen molar-refractivity contribution in [1.82, 2.24) is 24.8 Å². The van der Waals surface area contributed by atoms with E-state index in [0.717, 1.165) is 53.6 Å². The molecule has 0 saturated heterocycles. The lowest BCUT2D eigenvalue weighted by molar-refractivity contribution is 0.277. The third kappa shape index (κ3) is 2.92. The zero-order valence-corrected chi connectivity index (χ0v) is 14.9. The van der Waals surface area contributed by atoms with Crippen LogP contribution >= 0.6 is 0 Å². The first-order valence-corrected chi connectivity index (χ1v) is 9.16. The van der Waals surface area contributed by atoms with Crippen LogP contribution in [0.5, 0.6) is 0 Å². The number of pyridine rings is 1. The van der Waals surface area contributed by atoms with E-state index in [4.69, 9.17) is 15.7 Å². The van der Waals surface area contributed by atoms with Crippen LogP contribution in [0.4, 0.5) is 0 Å². The van der Waals surface area contributed by atoms with Crippen LogP contribution in [0.25, 0.3) is 22.1 Å². The van der Waals surface area contributed by atoms with E-state index in [0.29, 0.717) is 30.8 Å². The van der Waals surface area contributed by atoms with Crippen LogP contribution < -0.4 is 5.32 Å². The van der Waals surface area contributed by atoms with Gasteiger partial charge in [0.25, 0.3) is 0 Å². The van der Waals surface area contributed by atoms with E-state index >= 15 is 0 Å². The maximum Gasteiger partial charge on any atom is 0.139 e. The molecule has 0 bridgehead atoms. The van der Waals surface area contributed by atoms with Crippen molar-refractivity contribution in [2.75, 3.05) is 0 Å². The Morgan fingerprint density at radius 3 is 2.96 bits per heavy atom. The Hall–Kier alpha value is -2.88. The van der Waals surface area contributed by atoms with E-state index in [2.05, 4.69) is 32.0 Å². The van der Waals surface area contributed by atoms with E-state index in [9.17, 15) is 0 Å². The zero-order valence-electron chi connectivity index (χ0n) is 14.9. The first-order valence-electron chi connectivity index (χ1n) is 9.16. The normalized spacial score (nSPS) is 20.3. The van der Waals surface area contributed by atoms with Crippen molar-refractivity contribution in [3.63, 3.8) is 0 Å². The number of aromatic amines is 1. The molecule has 7 nitrogen and oxygen atoms in total. The van der Waals surface area contributed by atoms with Crippen molar-refractivity contribution >= 4 is 27.9 Å². The molecule has 0 atom stereocenters. The van der Waals surface area contributed by atoms with Crippen LogP contribution in [0.2, 0.25) is 0 Å². The smallest absolute Gasteiger partial charge is 0.139 e. The third-order valence-electron chi connectivity index (χ3n) is 5.38. The second kappa shape index (κ2) is 6.79. The molecule has 1 aliphatic carbocycles. The number of amidine groups is 1. The first-order chi connectivity index (χ1) is 12.7. The molecule has 4 rings (SSSR count). The summed E-state index contributed by atoms with van der Waals surface area (Å²) in [6, 6.07) is 4.75. The van der Waals surface area contributed by atoms with Crippen molar-refractivity contribution in [1.29, 1.82) is 10.7 Å². The van der Waals surface area contributed by atoms with Gasteiger partial charge in [-0.15, -0.1) is 0 Å². The summed E-state index contributed by atoms with van der Waals surface area (Å²) in [6.07, 6.45) is 8.67. The molecule has 3 aromatic rings. The first kappa shape index (κ1) is 16.6. The van der Waals surface area contributed by atoms with Gasteiger partial charge in [0.05, 0.1) is 30.2 Å². The van der Waals surface area contributed by atoms with Gasteiger partial charge >= 0.3 is 0 Å². The molecule has 0 unspecified atom stereocenters. The average Bonchev–Trinajstić information content (AvgIpc) is 3.24. The van der Waals surface area contributed by atoms with Crippen molar-refractivity contribution < 1.29 is 0 Å². The van der Waals surface area contributed by atoms with Gasteiger partial charge in [-0.25, -0.2) is 9.97 Å². The second-order valence-corrected chi connectivity index (χ2v) is 7.15. The highest BCUT2D eigenvalue weighted by Gasteiger charge is 2.26. The third-order valence-corrected chi connectivity index (χ3v) is 5.38. The summed E-state index contributed by atoms with van der Waals surface area (Å²) >= 11 is 0. The van der Waals surface area contributed by atoms with E-state index in [1.165, 1.54) is 0 Å². The van der Waals surface area contributed by atoms with E-state index in [-0.39, 0.29) is 0 Å². The van der Waals surface area contributed by atoms with Crippen molar-refractivity contribution in [2.24, 2.45) is 5.92 Å². The molecule has 3 N–H and O–H groups in total. The van der Waals surface area contributed by atoms with E-state index in [1.54, 1.807) is 6.92 Å². The van der Waals surface area contributed by atoms with Gasteiger partial charge in [-0.2, -0.15) is 5.26 Å². The minimum absolute atomic E-state index is 0.373. The van der Waals surface area contributed by atoms with Crippen LogP contribution in [-0.4, -0.2) is 25.4 Å². The standard InChI is InChI=1S/C19H23N7/c1-12(21)23-11-17-25-16-10-24-19-15(7-9-22-19)18(16)26(17)14-4-2-13(3-5-14)6-8-20/h7,9-10,13-14H,2-6,11H2,1H3,(H2,21,23)(H,22,24)/t13-,14-. The van der Waals surface area contributed by atoms with Gasteiger partial charge in [-0.1, -0.05) is 0 Å². The fraction of sp³-hybridized carbons (Fsp3) is 0.474. The minimum atomic E-state index is 0.373.